The van der Waals surface area contributed by atoms with E-state index in [9.17, 15) is 46.0 Å². The topological polar surface area (TPSA) is 219 Å². The first-order valence-corrected chi connectivity index (χ1v) is 26.7. The van der Waals surface area contributed by atoms with Crippen LogP contribution in [0.1, 0.15) is 232 Å². The average molecular weight is 921 g/mol. The number of hydrogen-bond acceptors (Lipinski definition) is 13. The molecule has 0 aliphatic carbocycles. The Hall–Kier alpha value is -0.520. The van der Waals surface area contributed by atoms with Gasteiger partial charge in [0, 0.05) is 0 Å². The molecule has 0 saturated carbocycles. The third-order valence-electron chi connectivity index (χ3n) is 14.0. The maximum Gasteiger partial charge on any atom is 0.187 e. The molecule has 0 aromatic carbocycles. The van der Waals surface area contributed by atoms with E-state index in [1.807, 2.05) is 0 Å². The molecule has 382 valence electrons. The molecule has 0 radical (unpaired) electrons. The van der Waals surface area contributed by atoms with Crippen LogP contribution in [-0.2, 0) is 18.9 Å². The van der Waals surface area contributed by atoms with E-state index < -0.39 is 92.9 Å². The lowest BCUT2D eigenvalue weighted by Crippen LogP contribution is -2.66. The molecule has 0 bridgehead atoms. The zero-order valence-electron chi connectivity index (χ0n) is 40.7. The number of ether oxygens (including phenoxy) is 4. The first-order valence-electron chi connectivity index (χ1n) is 26.7. The fourth-order valence-corrected chi connectivity index (χ4v) is 9.73. The van der Waals surface area contributed by atoms with E-state index in [0.717, 1.165) is 38.5 Å². The van der Waals surface area contributed by atoms with Crippen molar-refractivity contribution in [2.45, 2.75) is 305 Å². The van der Waals surface area contributed by atoms with Crippen LogP contribution in [0.3, 0.4) is 0 Å². The van der Waals surface area contributed by atoms with Gasteiger partial charge in [-0.05, 0) is 12.8 Å². The number of aliphatic hydroxyl groups is 9. The second-order valence-electron chi connectivity index (χ2n) is 19.5. The Balaban J connectivity index is 1.99. The molecule has 0 aromatic heterocycles. The van der Waals surface area contributed by atoms with Crippen molar-refractivity contribution in [3.05, 3.63) is 0 Å². The molecule has 0 amide bonds. The largest absolute Gasteiger partial charge is 0.394 e. The van der Waals surface area contributed by atoms with Crippen LogP contribution in [0.5, 0.6) is 0 Å². The summed E-state index contributed by atoms with van der Waals surface area (Å²) in [6.07, 6.45) is 22.4. The van der Waals surface area contributed by atoms with Crippen molar-refractivity contribution in [3.63, 3.8) is 0 Å². The zero-order chi connectivity index (χ0) is 46.8. The third-order valence-corrected chi connectivity index (χ3v) is 14.0. The number of aliphatic hydroxyl groups excluding tert-OH is 9. The smallest absolute Gasteiger partial charge is 0.187 e. The van der Waals surface area contributed by atoms with Crippen molar-refractivity contribution < 1.29 is 64.9 Å². The van der Waals surface area contributed by atoms with Crippen LogP contribution in [0.4, 0.5) is 0 Å². The molecule has 2 rings (SSSR count). The van der Waals surface area contributed by atoms with Crippen LogP contribution < -0.4 is 0 Å². The lowest BCUT2D eigenvalue weighted by atomic mass is 9.83. The van der Waals surface area contributed by atoms with Gasteiger partial charge in [-0.15, -0.1) is 0 Å². The van der Waals surface area contributed by atoms with Gasteiger partial charge in [0.05, 0.1) is 25.4 Å². The van der Waals surface area contributed by atoms with Crippen molar-refractivity contribution >= 4 is 0 Å². The van der Waals surface area contributed by atoms with Gasteiger partial charge in [0.25, 0.3) is 0 Å². The molecule has 0 aromatic rings. The second-order valence-corrected chi connectivity index (χ2v) is 19.5. The van der Waals surface area contributed by atoms with Crippen LogP contribution in [0.15, 0.2) is 0 Å². The Labute approximate surface area is 389 Å². The maximum absolute atomic E-state index is 11.7. The summed E-state index contributed by atoms with van der Waals surface area (Å²) < 4.78 is 23.5. The fourth-order valence-electron chi connectivity index (χ4n) is 9.73. The van der Waals surface area contributed by atoms with Gasteiger partial charge in [-0.2, -0.15) is 0 Å². The molecule has 13 heteroatoms. The van der Waals surface area contributed by atoms with Crippen molar-refractivity contribution in [2.24, 2.45) is 0 Å². The summed E-state index contributed by atoms with van der Waals surface area (Å²) in [5, 5.41) is 96.3. The predicted octanol–water partition coefficient (Wildman–Crippen LogP) is 8.02. The van der Waals surface area contributed by atoms with E-state index in [1.54, 1.807) is 0 Å². The van der Waals surface area contributed by atoms with E-state index in [-0.39, 0.29) is 0 Å². The summed E-state index contributed by atoms with van der Waals surface area (Å²) in [5.41, 5.74) is -1.35. The van der Waals surface area contributed by atoms with Crippen molar-refractivity contribution in [1.82, 2.24) is 0 Å². The summed E-state index contributed by atoms with van der Waals surface area (Å²) in [6, 6.07) is 0. The normalized spacial score (nSPS) is 27.0. The SMILES string of the molecule is CCCCCCCCCCCCCCCCCCC(CCCCCCCCCCCCCCCCCC)(O[C@@H]1[C@@H](O)[C@@H](O[C@H]2[C@H](O)[C@@H](O)[C@H](O)O[C@@H]2CO)O[C@H](CO)[C@H]1O)C(O)CO. The van der Waals surface area contributed by atoms with Crippen molar-refractivity contribution in [3.8, 4) is 0 Å². The van der Waals surface area contributed by atoms with Crippen LogP contribution >= 0.6 is 0 Å². The molecule has 2 heterocycles. The Morgan fingerprint density at radius 3 is 1.12 bits per heavy atom. The van der Waals surface area contributed by atoms with Gasteiger partial charge < -0.3 is 64.9 Å². The van der Waals surface area contributed by atoms with Crippen LogP contribution in [0, 0.1) is 0 Å². The highest BCUT2D eigenvalue weighted by atomic mass is 16.7. The molecule has 1 unspecified atom stereocenters. The summed E-state index contributed by atoms with van der Waals surface area (Å²) in [7, 11) is 0. The van der Waals surface area contributed by atoms with Crippen LogP contribution in [-0.4, -0.2) is 139 Å². The monoisotopic (exact) mass is 921 g/mol. The van der Waals surface area contributed by atoms with E-state index in [4.69, 9.17) is 18.9 Å². The lowest BCUT2D eigenvalue weighted by Gasteiger charge is -2.49. The lowest BCUT2D eigenvalue weighted by molar-refractivity contribution is -0.366. The Morgan fingerprint density at radius 1 is 0.422 bits per heavy atom. The minimum Gasteiger partial charge on any atom is -0.394 e. The summed E-state index contributed by atoms with van der Waals surface area (Å²) >= 11 is 0. The summed E-state index contributed by atoms with van der Waals surface area (Å²) in [4.78, 5) is 0. The van der Waals surface area contributed by atoms with Gasteiger partial charge in [0.2, 0.25) is 0 Å². The molecule has 2 fully saturated rings. The fraction of sp³-hybridized carbons (Fsp3) is 1.00. The Bertz CT molecular complexity index is 1020. The van der Waals surface area contributed by atoms with E-state index in [1.165, 1.54) is 154 Å². The van der Waals surface area contributed by atoms with Crippen LogP contribution in [0.2, 0.25) is 0 Å². The van der Waals surface area contributed by atoms with Gasteiger partial charge in [0.1, 0.15) is 54.9 Å². The third kappa shape index (κ3) is 23.2. The molecule has 2 aliphatic heterocycles. The van der Waals surface area contributed by atoms with Gasteiger partial charge in [0.15, 0.2) is 12.6 Å². The van der Waals surface area contributed by atoms with Crippen molar-refractivity contribution in [2.75, 3.05) is 19.8 Å². The summed E-state index contributed by atoms with van der Waals surface area (Å²) in [5.74, 6) is 0. The molecule has 64 heavy (non-hydrogen) atoms. The van der Waals surface area contributed by atoms with Gasteiger partial charge in [-0.25, -0.2) is 0 Å². The molecular formula is C51H100O13. The number of rotatable bonds is 42. The minimum atomic E-state index is -1.79. The molecule has 13 nitrogen and oxygen atoms in total. The molecule has 2 saturated heterocycles. The van der Waals surface area contributed by atoms with Crippen molar-refractivity contribution in [1.29, 1.82) is 0 Å². The highest BCUT2D eigenvalue weighted by molar-refractivity contribution is 4.98. The Kier molecular flexibility index (Phi) is 34.8. The zero-order valence-corrected chi connectivity index (χ0v) is 40.7. The number of unbranched alkanes of at least 4 members (excludes halogenated alkanes) is 30. The first-order chi connectivity index (χ1) is 31.1. The van der Waals surface area contributed by atoms with Gasteiger partial charge in [-0.3, -0.25) is 0 Å². The van der Waals surface area contributed by atoms with Crippen LogP contribution in [0.25, 0.3) is 0 Å². The molecular weight excluding hydrogens is 821 g/mol. The summed E-state index contributed by atoms with van der Waals surface area (Å²) in [6.45, 7) is 2.53. The highest BCUT2D eigenvalue weighted by Gasteiger charge is 2.53. The molecule has 11 atom stereocenters. The quantitative estimate of drug-likeness (QED) is 0.0265. The molecule has 0 spiro atoms. The standard InChI is InChI=1S/C51H100O13/c1-3-5-7-9-11-13-15-17-19-21-23-25-27-29-31-33-35-51(42(55)39-54,36-34-32-30-28-26-24-22-20-18-16-14-12-10-8-6-4-2)64-48-43(56)40(37-52)62-50(46(48)59)63-47-41(38-53)61-49(60)45(58)44(47)57/h40-50,52-60H,3-39H2,1-2H3/t40-,41-,42?,43-,44-,45-,46-,47-,48+,49-,50-/m1/s1. The molecule has 2 aliphatic rings. The van der Waals surface area contributed by atoms with Gasteiger partial charge in [-0.1, -0.05) is 219 Å². The minimum absolute atomic E-state index is 0.365. The second kappa shape index (κ2) is 37.4. The van der Waals surface area contributed by atoms with E-state index >= 15 is 0 Å². The Morgan fingerprint density at radius 2 is 0.781 bits per heavy atom. The predicted molar refractivity (Wildman–Crippen MR) is 252 cm³/mol. The molecule has 9 N–H and O–H groups in total. The highest BCUT2D eigenvalue weighted by Crippen LogP contribution is 2.37. The first kappa shape index (κ1) is 59.6. The van der Waals surface area contributed by atoms with E-state index in [2.05, 4.69) is 13.8 Å². The maximum atomic E-state index is 11.7. The van der Waals surface area contributed by atoms with Gasteiger partial charge >= 0.3 is 0 Å². The average Bonchev–Trinajstić information content (AvgIpc) is 3.30. The number of hydrogen-bond donors (Lipinski definition) is 9. The van der Waals surface area contributed by atoms with E-state index in [0.29, 0.717) is 25.7 Å².